The number of sulfonamides is 1. The number of hydrogen-bond donors (Lipinski definition) is 1. The number of aromatic nitrogens is 2. The lowest BCUT2D eigenvalue weighted by Crippen LogP contribution is -2.35. The zero-order valence-electron chi connectivity index (χ0n) is 19.1. The van der Waals surface area contributed by atoms with E-state index in [9.17, 15) is 18.3 Å². The van der Waals surface area contributed by atoms with E-state index < -0.39 is 28.2 Å². The summed E-state index contributed by atoms with van der Waals surface area (Å²) in [6.45, 7) is 13.4. The molecule has 1 fully saturated rings. The minimum Gasteiger partial charge on any atom is -0.491 e. The summed E-state index contributed by atoms with van der Waals surface area (Å²) in [4.78, 5) is 15.1. The molecule has 1 N–H and O–H groups in total. The number of nitrogens with zero attached hydrogens (tertiary/aromatic N) is 4. The zero-order valence-corrected chi connectivity index (χ0v) is 19.9. The largest absolute Gasteiger partial charge is 0.491 e. The number of aliphatic carboxylic acids is 1. The Morgan fingerprint density at radius 2 is 1.91 bits per heavy atom. The maximum Gasteiger partial charge on any atom is 0.309 e. The average Bonchev–Trinajstić information content (AvgIpc) is 3.31. The molecule has 10 heteroatoms. The van der Waals surface area contributed by atoms with Gasteiger partial charge in [-0.15, -0.1) is 4.31 Å². The standard InChI is InChI=1S/C24H26N4O5S/c1-15(2)33-17-9-11-18(12-10-17)34(31,32)27-14-22(16(3)24(27)25-4)28-21-8-6-5-7-19(21)20(26-28)13-23(29)30/h5-12,15-16,22,24H,13-14H2,1-3H3,(H,29,30)/t16-,22-,24-/m0/s1. The van der Waals surface area contributed by atoms with Crippen LogP contribution in [0.1, 0.15) is 32.5 Å². The van der Waals surface area contributed by atoms with Crippen LogP contribution in [-0.2, 0) is 21.2 Å². The fraction of sp³-hybridized carbons (Fsp3) is 0.375. The fourth-order valence-corrected chi connectivity index (χ4v) is 6.04. The van der Waals surface area contributed by atoms with E-state index in [0.717, 1.165) is 0 Å². The number of carboxylic acid groups (broad SMARTS) is 1. The second-order valence-electron chi connectivity index (χ2n) is 8.66. The first kappa shape index (κ1) is 23.7. The molecule has 1 aliphatic rings. The molecular formula is C24H26N4O5S. The van der Waals surface area contributed by atoms with E-state index in [1.165, 1.54) is 16.4 Å². The first-order valence-corrected chi connectivity index (χ1v) is 12.4. The highest BCUT2D eigenvalue weighted by atomic mass is 32.2. The molecule has 2 heterocycles. The van der Waals surface area contributed by atoms with Gasteiger partial charge in [-0.2, -0.15) is 5.10 Å². The van der Waals surface area contributed by atoms with Crippen molar-refractivity contribution in [3.63, 3.8) is 0 Å². The summed E-state index contributed by atoms with van der Waals surface area (Å²) in [5.74, 6) is -0.794. The third kappa shape index (κ3) is 4.24. The van der Waals surface area contributed by atoms with Gasteiger partial charge in [-0.25, -0.2) is 15.0 Å². The molecule has 1 saturated heterocycles. The Balaban J connectivity index is 1.71. The van der Waals surface area contributed by atoms with Gasteiger partial charge in [0, 0.05) is 11.9 Å². The predicted molar refractivity (Wildman–Crippen MR) is 126 cm³/mol. The number of hydrogen-bond acceptors (Lipinski definition) is 5. The molecule has 0 saturated carbocycles. The van der Waals surface area contributed by atoms with E-state index in [-0.39, 0.29) is 29.9 Å². The molecule has 1 aromatic heterocycles. The van der Waals surface area contributed by atoms with Crippen molar-refractivity contribution in [1.82, 2.24) is 14.1 Å². The van der Waals surface area contributed by atoms with Crippen LogP contribution in [0, 0.1) is 12.5 Å². The number of fused-ring (bicyclic) bond motifs is 1. The van der Waals surface area contributed by atoms with Crippen LogP contribution in [0.4, 0.5) is 0 Å². The van der Waals surface area contributed by atoms with Crippen molar-refractivity contribution in [1.29, 1.82) is 0 Å². The van der Waals surface area contributed by atoms with Gasteiger partial charge < -0.3 is 9.84 Å². The summed E-state index contributed by atoms with van der Waals surface area (Å²) in [7, 11) is -3.96. The first-order valence-electron chi connectivity index (χ1n) is 11.0. The van der Waals surface area contributed by atoms with E-state index in [1.807, 2.05) is 39.0 Å². The van der Waals surface area contributed by atoms with E-state index in [0.29, 0.717) is 22.3 Å². The molecule has 0 unspecified atom stereocenters. The number of benzene rings is 2. The molecule has 4 rings (SSSR count). The second-order valence-corrected chi connectivity index (χ2v) is 10.6. The third-order valence-corrected chi connectivity index (χ3v) is 7.85. The molecule has 1 aliphatic heterocycles. The quantitative estimate of drug-likeness (QED) is 0.516. The normalized spacial score (nSPS) is 21.1. The highest BCUT2D eigenvalue weighted by Gasteiger charge is 2.51. The van der Waals surface area contributed by atoms with Crippen LogP contribution in [-0.4, -0.2) is 52.4 Å². The summed E-state index contributed by atoms with van der Waals surface area (Å²) >= 11 is 0. The highest BCUT2D eigenvalue weighted by Crippen LogP contribution is 2.39. The van der Waals surface area contributed by atoms with Crippen LogP contribution in [0.15, 0.2) is 53.4 Å². The lowest BCUT2D eigenvalue weighted by atomic mass is 10.0. The summed E-state index contributed by atoms with van der Waals surface area (Å²) < 4.78 is 35.5. The van der Waals surface area contributed by atoms with Gasteiger partial charge in [0.25, 0.3) is 6.17 Å². The molecule has 178 valence electrons. The van der Waals surface area contributed by atoms with Gasteiger partial charge in [0.1, 0.15) is 5.75 Å². The number of ether oxygens (including phenoxy) is 1. The Bertz CT molecular complexity index is 1360. The molecule has 34 heavy (non-hydrogen) atoms. The Labute approximate surface area is 198 Å². The Morgan fingerprint density at radius 3 is 2.53 bits per heavy atom. The molecule has 0 amide bonds. The number of rotatable bonds is 7. The lowest BCUT2D eigenvalue weighted by molar-refractivity contribution is -0.136. The molecule has 0 spiro atoms. The summed E-state index contributed by atoms with van der Waals surface area (Å²) in [5, 5.41) is 14.6. The van der Waals surface area contributed by atoms with Crippen molar-refractivity contribution >= 4 is 26.9 Å². The topological polar surface area (TPSA) is 106 Å². The molecule has 0 radical (unpaired) electrons. The lowest BCUT2D eigenvalue weighted by Gasteiger charge is -2.17. The molecule has 3 aromatic rings. The third-order valence-electron chi connectivity index (χ3n) is 6.00. The minimum atomic E-state index is -3.96. The van der Waals surface area contributed by atoms with E-state index in [2.05, 4.69) is 9.94 Å². The van der Waals surface area contributed by atoms with Gasteiger partial charge in [0.05, 0.1) is 40.6 Å². The smallest absolute Gasteiger partial charge is 0.309 e. The first-order chi connectivity index (χ1) is 16.1. The van der Waals surface area contributed by atoms with Gasteiger partial charge >= 0.3 is 5.97 Å². The maximum atomic E-state index is 13.5. The molecule has 3 atom stereocenters. The zero-order chi connectivity index (χ0) is 24.6. The Kier molecular flexibility index (Phi) is 6.34. The van der Waals surface area contributed by atoms with Crippen LogP contribution in [0.2, 0.25) is 0 Å². The number of carboxylic acids is 1. The Morgan fingerprint density at radius 1 is 1.24 bits per heavy atom. The Hall–Kier alpha value is -3.42. The van der Waals surface area contributed by atoms with Crippen molar-refractivity contribution in [3.05, 3.63) is 65.6 Å². The van der Waals surface area contributed by atoms with Crippen molar-refractivity contribution in [2.45, 2.75) is 50.4 Å². The van der Waals surface area contributed by atoms with Crippen molar-refractivity contribution in [3.8, 4) is 5.75 Å². The summed E-state index contributed by atoms with van der Waals surface area (Å²) in [5.41, 5.74) is 1.13. The molecule has 2 aromatic carbocycles. The molecule has 9 nitrogen and oxygen atoms in total. The van der Waals surface area contributed by atoms with Crippen molar-refractivity contribution in [2.24, 2.45) is 5.92 Å². The number of para-hydroxylation sites is 1. The fourth-order valence-electron chi connectivity index (χ4n) is 4.42. The van der Waals surface area contributed by atoms with E-state index in [4.69, 9.17) is 11.3 Å². The SMILES string of the molecule is [C-]#[N+][C@@H]1[C@@H](C)[C@@H](n2nc(CC(=O)O)c3ccccc32)CN1S(=O)(=O)c1ccc(OC(C)C)cc1. The van der Waals surface area contributed by atoms with Crippen LogP contribution in [0.5, 0.6) is 5.75 Å². The average molecular weight is 483 g/mol. The van der Waals surface area contributed by atoms with Crippen molar-refractivity contribution in [2.75, 3.05) is 6.54 Å². The summed E-state index contributed by atoms with van der Waals surface area (Å²) in [6.07, 6.45) is -1.19. The van der Waals surface area contributed by atoms with Gasteiger partial charge in [-0.3, -0.25) is 14.3 Å². The van der Waals surface area contributed by atoms with Gasteiger partial charge in [-0.05, 0) is 44.2 Å². The second kappa shape index (κ2) is 9.08. The van der Waals surface area contributed by atoms with E-state index in [1.54, 1.807) is 22.9 Å². The predicted octanol–water partition coefficient (Wildman–Crippen LogP) is 3.58. The van der Waals surface area contributed by atoms with Gasteiger partial charge in [0.15, 0.2) is 0 Å². The minimum absolute atomic E-state index is 0.0379. The van der Waals surface area contributed by atoms with Gasteiger partial charge in [0.2, 0.25) is 10.0 Å². The summed E-state index contributed by atoms with van der Waals surface area (Å²) in [6, 6.07) is 13.0. The molecule has 0 aliphatic carbocycles. The van der Waals surface area contributed by atoms with Crippen LogP contribution < -0.4 is 4.74 Å². The molecule has 0 bridgehead atoms. The van der Waals surface area contributed by atoms with E-state index >= 15 is 0 Å². The number of carbonyl (C=O) groups is 1. The van der Waals surface area contributed by atoms with Crippen LogP contribution in [0.3, 0.4) is 0 Å². The van der Waals surface area contributed by atoms with Crippen LogP contribution in [0.25, 0.3) is 15.7 Å². The highest BCUT2D eigenvalue weighted by molar-refractivity contribution is 7.89. The molecular weight excluding hydrogens is 456 g/mol. The van der Waals surface area contributed by atoms with Crippen LogP contribution >= 0.6 is 0 Å². The maximum absolute atomic E-state index is 13.5. The van der Waals surface area contributed by atoms with Crippen molar-refractivity contribution < 1.29 is 23.1 Å². The monoisotopic (exact) mass is 482 g/mol. The van der Waals surface area contributed by atoms with Gasteiger partial charge in [-0.1, -0.05) is 25.1 Å².